The highest BCUT2D eigenvalue weighted by atomic mass is 19.1. The summed E-state index contributed by atoms with van der Waals surface area (Å²) in [7, 11) is 4.59. The number of ether oxygens (including phenoxy) is 3. The second-order valence-electron chi connectivity index (χ2n) is 6.16. The number of benzene rings is 2. The van der Waals surface area contributed by atoms with Crippen molar-refractivity contribution in [3.63, 3.8) is 0 Å². The van der Waals surface area contributed by atoms with Gasteiger partial charge in [0.1, 0.15) is 5.65 Å². The van der Waals surface area contributed by atoms with Crippen LogP contribution in [0.25, 0.3) is 16.9 Å². The number of nitrogens with zero attached hydrogens (tertiary/aromatic N) is 3. The molecule has 2 aromatic heterocycles. The highest BCUT2D eigenvalue weighted by Crippen LogP contribution is 2.33. The van der Waals surface area contributed by atoms with Crippen LogP contribution in [0.4, 0.5) is 16.0 Å². The van der Waals surface area contributed by atoms with E-state index in [0.717, 1.165) is 5.56 Å². The Kier molecular flexibility index (Phi) is 4.90. The Morgan fingerprint density at radius 3 is 2.38 bits per heavy atom. The number of halogens is 1. The van der Waals surface area contributed by atoms with Crippen molar-refractivity contribution in [2.24, 2.45) is 0 Å². The minimum atomic E-state index is -0.463. The summed E-state index contributed by atoms with van der Waals surface area (Å²) in [6, 6.07) is 12.0. The number of hydrogen-bond donors (Lipinski definition) is 1. The molecule has 2 aromatic carbocycles. The maximum atomic E-state index is 14.1. The quantitative estimate of drug-likeness (QED) is 0.526. The number of fused-ring (bicyclic) bond motifs is 1. The molecule has 7 nitrogen and oxygen atoms in total. The van der Waals surface area contributed by atoms with Crippen LogP contribution in [-0.2, 0) is 0 Å². The van der Waals surface area contributed by atoms with E-state index in [1.54, 1.807) is 43.1 Å². The van der Waals surface area contributed by atoms with Gasteiger partial charge in [-0.05, 0) is 30.3 Å². The molecule has 0 atom stereocenters. The van der Waals surface area contributed by atoms with Crippen LogP contribution in [0.15, 0.2) is 54.9 Å². The highest BCUT2D eigenvalue weighted by molar-refractivity contribution is 5.70. The van der Waals surface area contributed by atoms with Gasteiger partial charge in [-0.3, -0.25) is 4.40 Å². The summed E-state index contributed by atoms with van der Waals surface area (Å²) in [6.07, 6.45) is 3.46. The fraction of sp³-hybridized carbons (Fsp3) is 0.143. The number of methoxy groups -OCH3 is 3. The minimum absolute atomic E-state index is 0.176. The Morgan fingerprint density at radius 1 is 0.897 bits per heavy atom. The van der Waals surface area contributed by atoms with Crippen LogP contribution < -0.4 is 19.5 Å². The second kappa shape index (κ2) is 7.67. The van der Waals surface area contributed by atoms with Crippen molar-refractivity contribution in [3.05, 3.63) is 60.7 Å². The maximum absolute atomic E-state index is 14.1. The number of imidazole rings is 1. The average Bonchev–Trinajstić information content (AvgIpc) is 3.22. The summed E-state index contributed by atoms with van der Waals surface area (Å²) in [4.78, 5) is 9.06. The van der Waals surface area contributed by atoms with Gasteiger partial charge in [-0.1, -0.05) is 0 Å². The molecule has 0 aliphatic heterocycles. The third-order valence-corrected chi connectivity index (χ3v) is 4.48. The van der Waals surface area contributed by atoms with E-state index in [-0.39, 0.29) is 5.75 Å². The van der Waals surface area contributed by atoms with Gasteiger partial charge >= 0.3 is 0 Å². The first-order valence-electron chi connectivity index (χ1n) is 8.80. The van der Waals surface area contributed by atoms with Gasteiger partial charge in [0.05, 0.1) is 27.0 Å². The first-order chi connectivity index (χ1) is 14.1. The van der Waals surface area contributed by atoms with Crippen LogP contribution in [0.5, 0.6) is 17.2 Å². The number of nitrogens with one attached hydrogen (secondary N) is 1. The summed E-state index contributed by atoms with van der Waals surface area (Å²) in [5.74, 6) is 1.44. The van der Waals surface area contributed by atoms with Gasteiger partial charge in [0.15, 0.2) is 23.1 Å². The Balaban J connectivity index is 1.77. The molecule has 4 aromatic rings. The molecule has 0 aliphatic rings. The van der Waals surface area contributed by atoms with E-state index in [0.29, 0.717) is 34.5 Å². The molecule has 148 valence electrons. The molecule has 2 heterocycles. The number of rotatable bonds is 6. The van der Waals surface area contributed by atoms with Crippen molar-refractivity contribution in [2.45, 2.75) is 0 Å². The second-order valence-corrected chi connectivity index (χ2v) is 6.16. The topological polar surface area (TPSA) is 69.9 Å². The van der Waals surface area contributed by atoms with E-state index in [4.69, 9.17) is 19.2 Å². The molecule has 0 radical (unpaired) electrons. The molecule has 0 aliphatic carbocycles. The maximum Gasteiger partial charge on any atom is 0.213 e. The van der Waals surface area contributed by atoms with E-state index in [9.17, 15) is 4.39 Å². The number of hydrogen-bond acceptors (Lipinski definition) is 6. The molecular formula is C21H19FN4O3. The first kappa shape index (κ1) is 18.5. The average molecular weight is 394 g/mol. The Labute approximate surface area is 166 Å². The summed E-state index contributed by atoms with van der Waals surface area (Å²) >= 11 is 0. The third kappa shape index (κ3) is 3.52. The van der Waals surface area contributed by atoms with E-state index >= 15 is 0 Å². The van der Waals surface area contributed by atoms with E-state index in [1.807, 2.05) is 24.3 Å². The number of anilines is 2. The fourth-order valence-electron chi connectivity index (χ4n) is 3.03. The van der Waals surface area contributed by atoms with Crippen molar-refractivity contribution < 1.29 is 18.6 Å². The van der Waals surface area contributed by atoms with Gasteiger partial charge in [-0.15, -0.1) is 0 Å². The predicted molar refractivity (Wildman–Crippen MR) is 108 cm³/mol. The normalized spacial score (nSPS) is 10.8. The number of aromatic nitrogens is 3. The SMILES string of the molecule is COc1ccc(Nc2nc(-c3ccc(OC)c(OC)c3)cc3nccn23)cc1F. The molecule has 0 saturated heterocycles. The lowest BCUT2D eigenvalue weighted by atomic mass is 10.1. The lowest BCUT2D eigenvalue weighted by molar-refractivity contribution is 0.355. The van der Waals surface area contributed by atoms with E-state index in [1.165, 1.54) is 13.2 Å². The molecule has 0 amide bonds. The van der Waals surface area contributed by atoms with Crippen molar-refractivity contribution in [1.82, 2.24) is 14.4 Å². The van der Waals surface area contributed by atoms with Gasteiger partial charge < -0.3 is 19.5 Å². The standard InChI is InChI=1S/C21H19FN4O3/c1-27-17-7-5-14(11-15(17)22)24-21-25-16(12-20-23-8-9-26(20)21)13-4-6-18(28-2)19(10-13)29-3/h4-12H,1-3H3,(H,24,25). The molecule has 0 unspecified atom stereocenters. The third-order valence-electron chi connectivity index (χ3n) is 4.48. The largest absolute Gasteiger partial charge is 0.494 e. The van der Waals surface area contributed by atoms with Gasteiger partial charge in [0.25, 0.3) is 0 Å². The van der Waals surface area contributed by atoms with E-state index < -0.39 is 5.82 Å². The molecule has 29 heavy (non-hydrogen) atoms. The van der Waals surface area contributed by atoms with Crippen LogP contribution in [0.1, 0.15) is 0 Å². The highest BCUT2D eigenvalue weighted by Gasteiger charge is 2.12. The zero-order chi connectivity index (χ0) is 20.4. The smallest absolute Gasteiger partial charge is 0.213 e. The van der Waals surface area contributed by atoms with Crippen molar-refractivity contribution in [1.29, 1.82) is 0 Å². The molecule has 0 spiro atoms. The summed E-state index contributed by atoms with van der Waals surface area (Å²) in [6.45, 7) is 0. The molecular weight excluding hydrogens is 375 g/mol. The molecule has 0 fully saturated rings. The van der Waals surface area contributed by atoms with Crippen LogP contribution in [0, 0.1) is 5.82 Å². The fourth-order valence-corrected chi connectivity index (χ4v) is 3.03. The zero-order valence-corrected chi connectivity index (χ0v) is 16.1. The van der Waals surface area contributed by atoms with Gasteiger partial charge in [0, 0.05) is 35.8 Å². The molecule has 4 rings (SSSR count). The van der Waals surface area contributed by atoms with Crippen molar-refractivity contribution in [2.75, 3.05) is 26.6 Å². The van der Waals surface area contributed by atoms with E-state index in [2.05, 4.69) is 10.3 Å². The van der Waals surface area contributed by atoms with Crippen molar-refractivity contribution in [3.8, 4) is 28.5 Å². The van der Waals surface area contributed by atoms with Gasteiger partial charge in [-0.25, -0.2) is 14.4 Å². The molecule has 8 heteroatoms. The summed E-state index contributed by atoms with van der Waals surface area (Å²) < 4.78 is 31.5. The Morgan fingerprint density at radius 2 is 1.66 bits per heavy atom. The van der Waals surface area contributed by atoms with Crippen LogP contribution in [0.3, 0.4) is 0 Å². The van der Waals surface area contributed by atoms with Crippen LogP contribution in [0.2, 0.25) is 0 Å². The minimum Gasteiger partial charge on any atom is -0.494 e. The Hall–Kier alpha value is -3.81. The lowest BCUT2D eigenvalue weighted by Crippen LogP contribution is -2.03. The summed E-state index contributed by atoms with van der Waals surface area (Å²) in [5.41, 5.74) is 2.75. The van der Waals surface area contributed by atoms with Crippen LogP contribution >= 0.6 is 0 Å². The molecule has 1 N–H and O–H groups in total. The monoisotopic (exact) mass is 394 g/mol. The van der Waals surface area contributed by atoms with Gasteiger partial charge in [-0.2, -0.15) is 0 Å². The summed E-state index contributed by atoms with van der Waals surface area (Å²) in [5, 5.41) is 3.15. The predicted octanol–water partition coefficient (Wildman–Crippen LogP) is 4.30. The van der Waals surface area contributed by atoms with Gasteiger partial charge in [0.2, 0.25) is 5.95 Å². The molecule has 0 saturated carbocycles. The first-order valence-corrected chi connectivity index (χ1v) is 8.80. The molecule has 0 bridgehead atoms. The van der Waals surface area contributed by atoms with Crippen LogP contribution in [-0.4, -0.2) is 35.7 Å². The van der Waals surface area contributed by atoms with Crippen molar-refractivity contribution >= 4 is 17.3 Å². The zero-order valence-electron chi connectivity index (χ0n) is 16.1. The Bertz CT molecular complexity index is 1180. The lowest BCUT2D eigenvalue weighted by Gasteiger charge is -2.13.